The summed E-state index contributed by atoms with van der Waals surface area (Å²) in [7, 11) is 0. The van der Waals surface area contributed by atoms with E-state index in [0.29, 0.717) is 11.6 Å². The van der Waals surface area contributed by atoms with Gasteiger partial charge in [-0.3, -0.25) is 4.79 Å². The fourth-order valence-corrected chi connectivity index (χ4v) is 2.37. The lowest BCUT2D eigenvalue weighted by Crippen LogP contribution is -2.34. The molecule has 0 radical (unpaired) electrons. The van der Waals surface area contributed by atoms with Crippen LogP contribution in [0.2, 0.25) is 0 Å². The van der Waals surface area contributed by atoms with E-state index in [1.54, 1.807) is 6.20 Å². The molecule has 0 atom stereocenters. The van der Waals surface area contributed by atoms with Gasteiger partial charge in [-0.25, -0.2) is 0 Å². The lowest BCUT2D eigenvalue weighted by Gasteiger charge is -2.20. The minimum Gasteiger partial charge on any atom is -0.337 e. The van der Waals surface area contributed by atoms with Gasteiger partial charge in [0.2, 0.25) is 0 Å². The van der Waals surface area contributed by atoms with Crippen molar-refractivity contribution in [2.24, 2.45) is 5.92 Å². The molecule has 1 fully saturated rings. The average Bonchev–Trinajstić information content (AvgIpc) is 3.20. The normalized spacial score (nSPS) is 14.1. The van der Waals surface area contributed by atoms with E-state index in [-0.39, 0.29) is 5.91 Å². The SMILES string of the molecule is CCCN(CC1CC1)C(=O)c1cnn(-c2ccccc2)n1. The third-order valence-electron chi connectivity index (χ3n) is 3.65. The summed E-state index contributed by atoms with van der Waals surface area (Å²) in [6.07, 6.45) is 5.00. The van der Waals surface area contributed by atoms with Crippen LogP contribution in [0.25, 0.3) is 5.69 Å². The fraction of sp³-hybridized carbons (Fsp3) is 0.438. The molecular formula is C16H20N4O. The second kappa shape index (κ2) is 6.08. The van der Waals surface area contributed by atoms with Crippen molar-refractivity contribution in [2.45, 2.75) is 26.2 Å². The number of rotatable bonds is 6. The number of carbonyl (C=O) groups excluding carboxylic acids is 1. The zero-order valence-corrected chi connectivity index (χ0v) is 12.3. The first kappa shape index (κ1) is 13.8. The number of hydrogen-bond acceptors (Lipinski definition) is 3. The number of para-hydroxylation sites is 1. The Morgan fingerprint density at radius 3 is 2.76 bits per heavy atom. The third kappa shape index (κ3) is 3.29. The van der Waals surface area contributed by atoms with Gasteiger partial charge in [0, 0.05) is 13.1 Å². The summed E-state index contributed by atoms with van der Waals surface area (Å²) in [6, 6.07) is 9.63. The Morgan fingerprint density at radius 2 is 2.10 bits per heavy atom. The van der Waals surface area contributed by atoms with E-state index in [2.05, 4.69) is 17.1 Å². The summed E-state index contributed by atoms with van der Waals surface area (Å²) in [4.78, 5) is 16.0. The molecule has 0 spiro atoms. The van der Waals surface area contributed by atoms with Gasteiger partial charge >= 0.3 is 0 Å². The largest absolute Gasteiger partial charge is 0.337 e. The zero-order valence-electron chi connectivity index (χ0n) is 12.3. The van der Waals surface area contributed by atoms with Crippen molar-refractivity contribution < 1.29 is 4.79 Å². The Hall–Kier alpha value is -2.17. The molecule has 1 aromatic heterocycles. The van der Waals surface area contributed by atoms with E-state index in [9.17, 15) is 4.79 Å². The smallest absolute Gasteiger partial charge is 0.276 e. The Kier molecular flexibility index (Phi) is 3.99. The van der Waals surface area contributed by atoms with Gasteiger partial charge < -0.3 is 4.90 Å². The molecule has 21 heavy (non-hydrogen) atoms. The molecule has 1 saturated carbocycles. The molecule has 110 valence electrons. The molecule has 5 heteroatoms. The minimum absolute atomic E-state index is 0.00840. The molecule has 0 N–H and O–H groups in total. The van der Waals surface area contributed by atoms with Gasteiger partial charge in [-0.1, -0.05) is 25.1 Å². The molecule has 0 bridgehead atoms. The van der Waals surface area contributed by atoms with Crippen LogP contribution in [0.4, 0.5) is 0 Å². The number of benzene rings is 1. The number of nitrogens with zero attached hydrogens (tertiary/aromatic N) is 4. The van der Waals surface area contributed by atoms with Crippen LogP contribution in [0.15, 0.2) is 36.5 Å². The molecule has 0 unspecified atom stereocenters. The van der Waals surface area contributed by atoms with Gasteiger partial charge in [0.1, 0.15) is 0 Å². The van der Waals surface area contributed by atoms with Crippen molar-refractivity contribution in [3.63, 3.8) is 0 Å². The fourth-order valence-electron chi connectivity index (χ4n) is 2.37. The number of hydrogen-bond donors (Lipinski definition) is 0. The monoisotopic (exact) mass is 284 g/mol. The Balaban J connectivity index is 1.76. The lowest BCUT2D eigenvalue weighted by molar-refractivity contribution is 0.0741. The summed E-state index contributed by atoms with van der Waals surface area (Å²) in [5.74, 6) is 0.676. The summed E-state index contributed by atoms with van der Waals surface area (Å²) < 4.78 is 0. The lowest BCUT2D eigenvalue weighted by atomic mass is 10.3. The van der Waals surface area contributed by atoms with Crippen LogP contribution in [0.5, 0.6) is 0 Å². The van der Waals surface area contributed by atoms with Gasteiger partial charge in [-0.2, -0.15) is 9.90 Å². The molecular weight excluding hydrogens is 264 g/mol. The van der Waals surface area contributed by atoms with Gasteiger partial charge in [-0.05, 0) is 37.3 Å². The van der Waals surface area contributed by atoms with Crippen molar-refractivity contribution in [3.8, 4) is 5.69 Å². The van der Waals surface area contributed by atoms with E-state index in [0.717, 1.165) is 25.2 Å². The summed E-state index contributed by atoms with van der Waals surface area (Å²) in [5.41, 5.74) is 1.29. The van der Waals surface area contributed by atoms with Crippen molar-refractivity contribution in [3.05, 3.63) is 42.2 Å². The maximum Gasteiger partial charge on any atom is 0.276 e. The van der Waals surface area contributed by atoms with E-state index in [4.69, 9.17) is 0 Å². The molecule has 0 saturated heterocycles. The van der Waals surface area contributed by atoms with Gasteiger partial charge in [0.25, 0.3) is 5.91 Å². The Morgan fingerprint density at radius 1 is 1.33 bits per heavy atom. The second-order valence-corrected chi connectivity index (χ2v) is 5.55. The van der Waals surface area contributed by atoms with Crippen LogP contribution in [0, 0.1) is 5.92 Å². The van der Waals surface area contributed by atoms with Crippen LogP contribution in [0.1, 0.15) is 36.7 Å². The summed E-state index contributed by atoms with van der Waals surface area (Å²) >= 11 is 0. The van der Waals surface area contributed by atoms with E-state index in [1.807, 2.05) is 35.2 Å². The summed E-state index contributed by atoms with van der Waals surface area (Å²) in [6.45, 7) is 3.73. The van der Waals surface area contributed by atoms with Crippen LogP contribution in [-0.2, 0) is 0 Å². The summed E-state index contributed by atoms with van der Waals surface area (Å²) in [5, 5.41) is 8.53. The highest BCUT2D eigenvalue weighted by Crippen LogP contribution is 2.30. The molecule has 1 aliphatic rings. The third-order valence-corrected chi connectivity index (χ3v) is 3.65. The highest BCUT2D eigenvalue weighted by atomic mass is 16.2. The minimum atomic E-state index is -0.00840. The van der Waals surface area contributed by atoms with Crippen molar-refractivity contribution in [1.82, 2.24) is 19.9 Å². The van der Waals surface area contributed by atoms with E-state index >= 15 is 0 Å². The first-order chi connectivity index (χ1) is 10.3. The topological polar surface area (TPSA) is 51.0 Å². The molecule has 1 heterocycles. The van der Waals surface area contributed by atoms with Crippen molar-refractivity contribution in [2.75, 3.05) is 13.1 Å². The predicted molar refractivity (Wildman–Crippen MR) is 80.3 cm³/mol. The van der Waals surface area contributed by atoms with Crippen molar-refractivity contribution >= 4 is 5.91 Å². The average molecular weight is 284 g/mol. The van der Waals surface area contributed by atoms with E-state index < -0.39 is 0 Å². The zero-order chi connectivity index (χ0) is 14.7. The van der Waals surface area contributed by atoms with Gasteiger partial charge in [0.15, 0.2) is 5.69 Å². The first-order valence-corrected chi connectivity index (χ1v) is 7.55. The highest BCUT2D eigenvalue weighted by molar-refractivity contribution is 5.92. The van der Waals surface area contributed by atoms with Crippen molar-refractivity contribution in [1.29, 1.82) is 0 Å². The number of carbonyl (C=O) groups is 1. The maximum atomic E-state index is 12.6. The van der Waals surface area contributed by atoms with Gasteiger partial charge in [-0.15, -0.1) is 5.10 Å². The molecule has 0 aliphatic heterocycles. The van der Waals surface area contributed by atoms with E-state index in [1.165, 1.54) is 17.6 Å². The Bertz CT molecular complexity index is 604. The standard InChI is InChI=1S/C16H20N4O/c1-2-10-19(12-13-8-9-13)16(21)15-11-17-20(18-15)14-6-4-3-5-7-14/h3-7,11,13H,2,8-10,12H2,1H3. The van der Waals surface area contributed by atoms with Crippen LogP contribution in [0.3, 0.4) is 0 Å². The van der Waals surface area contributed by atoms with Gasteiger partial charge in [0.05, 0.1) is 11.9 Å². The Labute approximate surface area is 124 Å². The number of aromatic nitrogens is 3. The molecule has 1 amide bonds. The highest BCUT2D eigenvalue weighted by Gasteiger charge is 2.28. The first-order valence-electron chi connectivity index (χ1n) is 7.55. The van der Waals surface area contributed by atoms with Crippen LogP contribution < -0.4 is 0 Å². The van der Waals surface area contributed by atoms with Crippen LogP contribution >= 0.6 is 0 Å². The number of amides is 1. The van der Waals surface area contributed by atoms with Crippen LogP contribution in [-0.4, -0.2) is 38.9 Å². The maximum absolute atomic E-state index is 12.6. The molecule has 3 rings (SSSR count). The second-order valence-electron chi connectivity index (χ2n) is 5.55. The molecule has 1 aromatic carbocycles. The predicted octanol–water partition coefficient (Wildman–Crippen LogP) is 2.53. The molecule has 1 aliphatic carbocycles. The molecule has 5 nitrogen and oxygen atoms in total. The molecule has 2 aromatic rings. The quantitative estimate of drug-likeness (QED) is 0.819.